The van der Waals surface area contributed by atoms with Crippen molar-refractivity contribution in [3.05, 3.63) is 219 Å². The molecule has 0 rings (SSSR count). The first kappa shape index (κ1) is 89.3. The Balaban J connectivity index is 4.00. The van der Waals surface area contributed by atoms with Crippen LogP contribution >= 0.6 is 7.82 Å². The molecule has 0 aromatic carbocycles. The normalized spacial score (nSPS) is 14.2. The molecule has 3 N–H and O–H groups in total. The van der Waals surface area contributed by atoms with E-state index in [1.165, 1.54) is 64.2 Å². The molecule has 2 unspecified atom stereocenters. The van der Waals surface area contributed by atoms with Crippen molar-refractivity contribution in [2.75, 3.05) is 26.4 Å². The fourth-order valence-corrected chi connectivity index (χ4v) is 10.2. The van der Waals surface area contributed by atoms with E-state index in [1.54, 1.807) is 0 Å². The van der Waals surface area contributed by atoms with Gasteiger partial charge in [0.2, 0.25) is 0 Å². The van der Waals surface area contributed by atoms with Gasteiger partial charge in [-0.2, -0.15) is 0 Å². The summed E-state index contributed by atoms with van der Waals surface area (Å²) in [7, 11) is -4.42. The van der Waals surface area contributed by atoms with Gasteiger partial charge in [-0.25, -0.2) is 4.57 Å². The Hall–Kier alpha value is -5.67. The van der Waals surface area contributed by atoms with Crippen LogP contribution in [-0.2, 0) is 32.7 Å². The molecule has 0 aromatic rings. The van der Waals surface area contributed by atoms with Gasteiger partial charge in [0, 0.05) is 19.4 Å². The van der Waals surface area contributed by atoms with E-state index in [9.17, 15) is 19.0 Å². The molecule has 0 amide bonds. The summed E-state index contributed by atoms with van der Waals surface area (Å²) >= 11 is 0. The number of rotatable bonds is 67. The molecule has 0 radical (unpaired) electrons. The molecule has 0 bridgehead atoms. The summed E-state index contributed by atoms with van der Waals surface area (Å²) in [6.07, 6.45) is 120. The molecule has 0 aliphatic carbocycles. The summed E-state index contributed by atoms with van der Waals surface area (Å²) in [5.41, 5.74) is 5.41. The molecule has 0 aliphatic heterocycles. The zero-order valence-corrected chi connectivity index (χ0v) is 60.7. The van der Waals surface area contributed by atoms with E-state index in [0.29, 0.717) is 12.8 Å². The SMILES string of the molecule is CC/C=C\C/C=C\C/C=C\C/C=C\C/C=C\C/C=C\C/C=C\C/C=C\C/C=C\C/C=C\CCCCCCCCCCC(=O)OC(COC(=O)CCCCCCCCCCCC/C=C\C/C=C\C/C=C\C/C=C\C/C=C\C/C=C\C/C=C\C/C=C\CC)COP(=O)(O)OCCN. The molecule has 0 aromatic heterocycles. The number of hydrogen-bond donors (Lipinski definition) is 2. The van der Waals surface area contributed by atoms with E-state index in [0.717, 1.165) is 167 Å². The topological polar surface area (TPSA) is 134 Å². The highest BCUT2D eigenvalue weighted by Crippen LogP contribution is 2.43. The van der Waals surface area contributed by atoms with Crippen LogP contribution in [0.25, 0.3) is 0 Å². The monoisotopic (exact) mass is 1330 g/mol. The van der Waals surface area contributed by atoms with Crippen LogP contribution < -0.4 is 5.73 Å². The third-order valence-corrected chi connectivity index (χ3v) is 15.8. The molecule has 532 valence electrons. The van der Waals surface area contributed by atoms with Gasteiger partial charge in [-0.05, 0) is 154 Å². The van der Waals surface area contributed by atoms with Crippen molar-refractivity contribution in [2.24, 2.45) is 5.73 Å². The molecule has 0 spiro atoms. The minimum absolute atomic E-state index is 0.0404. The molecule has 0 heterocycles. The van der Waals surface area contributed by atoms with Crippen LogP contribution in [0.4, 0.5) is 0 Å². The van der Waals surface area contributed by atoms with Crippen LogP contribution in [0.3, 0.4) is 0 Å². The minimum atomic E-state index is -4.42. The molecule has 9 nitrogen and oxygen atoms in total. The fourth-order valence-electron chi connectivity index (χ4n) is 9.44. The Morgan fingerprint density at radius 3 is 0.811 bits per heavy atom. The summed E-state index contributed by atoms with van der Waals surface area (Å²) in [6, 6.07) is 0. The van der Waals surface area contributed by atoms with Gasteiger partial charge in [-0.3, -0.25) is 18.6 Å². The molecule has 10 heteroatoms. The van der Waals surface area contributed by atoms with Gasteiger partial charge < -0.3 is 20.1 Å². The van der Waals surface area contributed by atoms with Crippen LogP contribution in [0.5, 0.6) is 0 Å². The zero-order chi connectivity index (χ0) is 68.6. The highest BCUT2D eigenvalue weighted by Gasteiger charge is 2.26. The number of phosphoric ester groups is 1. The van der Waals surface area contributed by atoms with Crippen molar-refractivity contribution in [3.63, 3.8) is 0 Å². The van der Waals surface area contributed by atoms with Crippen LogP contribution in [0.2, 0.25) is 0 Å². The van der Waals surface area contributed by atoms with Crippen molar-refractivity contribution in [1.29, 1.82) is 0 Å². The third-order valence-electron chi connectivity index (χ3n) is 14.9. The smallest absolute Gasteiger partial charge is 0.462 e. The third kappa shape index (κ3) is 77.2. The lowest BCUT2D eigenvalue weighted by molar-refractivity contribution is -0.161. The number of carbonyl (C=O) groups is 2. The number of hydrogen-bond acceptors (Lipinski definition) is 8. The van der Waals surface area contributed by atoms with Gasteiger partial charge in [0.15, 0.2) is 6.10 Å². The summed E-state index contributed by atoms with van der Waals surface area (Å²) in [4.78, 5) is 35.4. The lowest BCUT2D eigenvalue weighted by Crippen LogP contribution is -2.29. The van der Waals surface area contributed by atoms with Crippen molar-refractivity contribution >= 4 is 19.8 Å². The summed E-state index contributed by atoms with van der Waals surface area (Å²) in [5.74, 6) is -0.855. The Bertz CT molecular complexity index is 2370. The van der Waals surface area contributed by atoms with E-state index in [1.807, 2.05) is 0 Å². The lowest BCUT2D eigenvalue weighted by Gasteiger charge is -2.19. The maximum absolute atomic E-state index is 12.8. The number of carbonyl (C=O) groups excluding carboxylic acids is 2. The number of unbranched alkanes of at least 4 members (excludes halogenated alkanes) is 18. The van der Waals surface area contributed by atoms with E-state index in [2.05, 4.69) is 233 Å². The Labute approximate surface area is 581 Å². The van der Waals surface area contributed by atoms with Crippen LogP contribution in [-0.4, -0.2) is 49.3 Å². The summed E-state index contributed by atoms with van der Waals surface area (Å²) in [6.45, 7) is 3.48. The minimum Gasteiger partial charge on any atom is -0.462 e. The summed E-state index contributed by atoms with van der Waals surface area (Å²) < 4.78 is 33.2. The van der Waals surface area contributed by atoms with E-state index in [4.69, 9.17) is 24.3 Å². The number of esters is 2. The van der Waals surface area contributed by atoms with Gasteiger partial charge in [-0.15, -0.1) is 0 Å². The molecule has 2 atom stereocenters. The summed E-state index contributed by atoms with van der Waals surface area (Å²) in [5, 5.41) is 0. The Kier molecular flexibility index (Phi) is 72.7. The maximum Gasteiger partial charge on any atom is 0.472 e. The highest BCUT2D eigenvalue weighted by atomic mass is 31.2. The quantitative estimate of drug-likeness (QED) is 0.0264. The van der Waals surface area contributed by atoms with Crippen molar-refractivity contribution < 1.29 is 37.6 Å². The molecule has 0 aliphatic rings. The standard InChI is InChI=1S/C85H134NO8P/c1-3-5-7-9-11-13-15-17-19-21-23-25-27-29-31-33-35-37-39-40-41-42-44-46-48-50-52-54-56-58-60-62-64-66-68-70-72-74-76-78-85(88)94-83(82-93-95(89,90)92-80-79-86)81-91-84(87)77-75-73-71-69-67-65-63-61-59-57-55-53-51-49-47-45-43-38-36-34-32-30-28-26-24-22-20-18-16-14-12-10-8-6-4-2/h5-8,11-14,17-20,23-26,29-32,35-38,40-41,44-47,50-53,56,58,83H,3-4,9-10,15-16,21-22,27-28,33-34,39,42-43,48-49,54-55,57,59-82,86H2,1-2H3,(H,89,90)/b7-5-,8-6-,13-11-,14-12-,19-17-,20-18-,25-23-,26-24-,31-29-,32-30-,37-35-,38-36-,41-40-,46-44-,47-45-,52-50-,53-51-,58-56-. The van der Waals surface area contributed by atoms with Crippen LogP contribution in [0.15, 0.2) is 219 Å². The van der Waals surface area contributed by atoms with Gasteiger partial charge in [-0.1, -0.05) is 322 Å². The number of allylic oxidation sites excluding steroid dienone is 36. The van der Waals surface area contributed by atoms with E-state index < -0.39 is 32.5 Å². The van der Waals surface area contributed by atoms with Crippen molar-refractivity contribution in [2.45, 2.75) is 277 Å². The maximum atomic E-state index is 12.8. The number of phosphoric acid groups is 1. The van der Waals surface area contributed by atoms with Crippen LogP contribution in [0.1, 0.15) is 271 Å². The van der Waals surface area contributed by atoms with Crippen molar-refractivity contribution in [3.8, 4) is 0 Å². The lowest BCUT2D eigenvalue weighted by atomic mass is 10.1. The second kappa shape index (κ2) is 77.3. The van der Waals surface area contributed by atoms with Gasteiger partial charge in [0.1, 0.15) is 6.61 Å². The molecular weight excluding hydrogens is 1190 g/mol. The van der Waals surface area contributed by atoms with Gasteiger partial charge in [0.25, 0.3) is 0 Å². The van der Waals surface area contributed by atoms with Gasteiger partial charge >= 0.3 is 19.8 Å². The molecule has 95 heavy (non-hydrogen) atoms. The Morgan fingerprint density at radius 1 is 0.316 bits per heavy atom. The average molecular weight is 1330 g/mol. The first-order chi connectivity index (χ1) is 46.8. The predicted octanol–water partition coefficient (Wildman–Crippen LogP) is 25.2. The van der Waals surface area contributed by atoms with Crippen LogP contribution in [0, 0.1) is 0 Å². The molecule has 0 saturated carbocycles. The highest BCUT2D eigenvalue weighted by molar-refractivity contribution is 7.47. The Morgan fingerprint density at radius 2 is 0.547 bits per heavy atom. The number of nitrogens with two attached hydrogens (primary N) is 1. The van der Waals surface area contributed by atoms with E-state index >= 15 is 0 Å². The largest absolute Gasteiger partial charge is 0.472 e. The first-order valence-corrected chi connectivity index (χ1v) is 38.7. The second-order valence-electron chi connectivity index (χ2n) is 23.7. The first-order valence-electron chi connectivity index (χ1n) is 37.2. The van der Waals surface area contributed by atoms with Crippen molar-refractivity contribution in [1.82, 2.24) is 0 Å². The van der Waals surface area contributed by atoms with Gasteiger partial charge in [0.05, 0.1) is 13.2 Å². The van der Waals surface area contributed by atoms with E-state index in [-0.39, 0.29) is 32.6 Å². The molecule has 0 fully saturated rings. The second-order valence-corrected chi connectivity index (χ2v) is 25.1. The zero-order valence-electron chi connectivity index (χ0n) is 59.8. The molecular formula is C85H134NO8P. The predicted molar refractivity (Wildman–Crippen MR) is 412 cm³/mol. The molecule has 0 saturated heterocycles. The average Bonchev–Trinajstić information content (AvgIpc) is 3.16. The fraction of sp³-hybridized carbons (Fsp3) is 0.553. The number of ether oxygens (including phenoxy) is 2.